The van der Waals surface area contributed by atoms with Gasteiger partial charge in [0.25, 0.3) is 0 Å². The lowest BCUT2D eigenvalue weighted by Crippen LogP contribution is -2.38. The van der Waals surface area contributed by atoms with E-state index in [0.717, 1.165) is 25.9 Å². The zero-order valence-corrected chi connectivity index (χ0v) is 10.6. The van der Waals surface area contributed by atoms with Gasteiger partial charge in [-0.1, -0.05) is 24.6 Å². The summed E-state index contributed by atoms with van der Waals surface area (Å²) in [7, 11) is 1.35. The van der Waals surface area contributed by atoms with Gasteiger partial charge in [0.15, 0.2) is 0 Å². The highest BCUT2D eigenvalue weighted by atomic mass is 19.1. The quantitative estimate of drug-likeness (QED) is 0.773. The Labute approximate surface area is 107 Å². The van der Waals surface area contributed by atoms with Crippen LogP contribution < -0.4 is 0 Å². The number of benzene rings is 1. The van der Waals surface area contributed by atoms with Gasteiger partial charge in [-0.3, -0.25) is 4.90 Å². The van der Waals surface area contributed by atoms with E-state index in [0.29, 0.717) is 5.56 Å². The highest BCUT2D eigenvalue weighted by Gasteiger charge is 2.31. The molecule has 0 bridgehead atoms. The molecule has 3 nitrogen and oxygen atoms in total. The number of methoxy groups -OCH3 is 1. The molecule has 1 aromatic rings. The lowest BCUT2D eigenvalue weighted by atomic mass is 10.0. The van der Waals surface area contributed by atoms with Gasteiger partial charge < -0.3 is 4.74 Å². The molecule has 0 aliphatic carbocycles. The Kier molecular flexibility index (Phi) is 4.31. The molecule has 0 spiro atoms. The molecular formula is C14H18FNO2. The molecule has 4 heteroatoms. The van der Waals surface area contributed by atoms with Crippen LogP contribution in [0.4, 0.5) is 4.39 Å². The number of ether oxygens (including phenoxy) is 1. The number of nitrogens with zero attached hydrogens (tertiary/aromatic N) is 1. The SMILES string of the molecule is COC(=O)C(c1ccccc1F)N1CCCCC1. The first kappa shape index (κ1) is 13.0. The number of likely N-dealkylation sites (tertiary alicyclic amines) is 1. The summed E-state index contributed by atoms with van der Waals surface area (Å²) in [6.45, 7) is 1.63. The van der Waals surface area contributed by atoms with Crippen molar-refractivity contribution >= 4 is 5.97 Å². The minimum atomic E-state index is -0.614. The molecule has 18 heavy (non-hydrogen) atoms. The fraction of sp³-hybridized carbons (Fsp3) is 0.500. The maximum Gasteiger partial charge on any atom is 0.327 e. The predicted octanol–water partition coefficient (Wildman–Crippen LogP) is 2.53. The van der Waals surface area contributed by atoms with Gasteiger partial charge in [-0.25, -0.2) is 9.18 Å². The first-order chi connectivity index (χ1) is 8.74. The van der Waals surface area contributed by atoms with Crippen molar-refractivity contribution in [1.82, 2.24) is 4.90 Å². The average Bonchev–Trinajstić information content (AvgIpc) is 2.42. The van der Waals surface area contributed by atoms with E-state index in [1.165, 1.54) is 19.6 Å². The molecule has 1 fully saturated rings. The molecule has 1 aromatic carbocycles. The molecule has 1 aliphatic heterocycles. The van der Waals surface area contributed by atoms with Crippen LogP contribution in [0.3, 0.4) is 0 Å². The second-order valence-electron chi connectivity index (χ2n) is 4.54. The zero-order chi connectivity index (χ0) is 13.0. The Bertz CT molecular complexity index is 416. The molecule has 2 rings (SSSR count). The molecule has 0 radical (unpaired) electrons. The van der Waals surface area contributed by atoms with Crippen LogP contribution >= 0.6 is 0 Å². The van der Waals surface area contributed by atoms with E-state index in [1.807, 2.05) is 4.90 Å². The Morgan fingerprint density at radius 2 is 1.94 bits per heavy atom. The van der Waals surface area contributed by atoms with E-state index in [9.17, 15) is 9.18 Å². The maximum absolute atomic E-state index is 13.9. The van der Waals surface area contributed by atoms with Gasteiger partial charge in [-0.2, -0.15) is 0 Å². The summed E-state index contributed by atoms with van der Waals surface area (Å²) < 4.78 is 18.7. The van der Waals surface area contributed by atoms with Crippen LogP contribution in [0.2, 0.25) is 0 Å². The summed E-state index contributed by atoms with van der Waals surface area (Å²) in [5, 5.41) is 0. The van der Waals surface area contributed by atoms with Gasteiger partial charge in [-0.15, -0.1) is 0 Å². The third-order valence-corrected chi connectivity index (χ3v) is 3.38. The van der Waals surface area contributed by atoms with Gasteiger partial charge in [-0.05, 0) is 32.0 Å². The van der Waals surface area contributed by atoms with Crippen molar-refractivity contribution < 1.29 is 13.9 Å². The number of halogens is 1. The number of hydrogen-bond acceptors (Lipinski definition) is 3. The smallest absolute Gasteiger partial charge is 0.327 e. The number of esters is 1. The fourth-order valence-corrected chi connectivity index (χ4v) is 2.46. The van der Waals surface area contributed by atoms with Crippen molar-refractivity contribution in [3.63, 3.8) is 0 Å². The lowest BCUT2D eigenvalue weighted by molar-refractivity contribution is -0.147. The minimum Gasteiger partial charge on any atom is -0.468 e. The van der Waals surface area contributed by atoms with E-state index in [2.05, 4.69) is 0 Å². The zero-order valence-electron chi connectivity index (χ0n) is 10.6. The van der Waals surface area contributed by atoms with Crippen molar-refractivity contribution in [2.75, 3.05) is 20.2 Å². The van der Waals surface area contributed by atoms with Crippen molar-refractivity contribution in [3.8, 4) is 0 Å². The molecule has 1 aliphatic rings. The number of hydrogen-bond donors (Lipinski definition) is 0. The highest BCUT2D eigenvalue weighted by molar-refractivity contribution is 5.77. The molecule has 1 atom stereocenters. The fourth-order valence-electron chi connectivity index (χ4n) is 2.46. The molecule has 1 heterocycles. The van der Waals surface area contributed by atoms with Gasteiger partial charge in [0.1, 0.15) is 11.9 Å². The number of piperidine rings is 1. The molecule has 0 aromatic heterocycles. The van der Waals surface area contributed by atoms with Crippen LogP contribution in [0.15, 0.2) is 24.3 Å². The van der Waals surface area contributed by atoms with Crippen LogP contribution in [0.25, 0.3) is 0 Å². The van der Waals surface area contributed by atoms with E-state index < -0.39 is 6.04 Å². The minimum absolute atomic E-state index is 0.349. The topological polar surface area (TPSA) is 29.5 Å². The monoisotopic (exact) mass is 251 g/mol. The second-order valence-corrected chi connectivity index (χ2v) is 4.54. The van der Waals surface area contributed by atoms with Crippen molar-refractivity contribution in [3.05, 3.63) is 35.6 Å². The Morgan fingerprint density at radius 1 is 1.28 bits per heavy atom. The molecule has 98 valence electrons. The summed E-state index contributed by atoms with van der Waals surface area (Å²) in [4.78, 5) is 13.9. The third-order valence-electron chi connectivity index (χ3n) is 3.38. The standard InChI is InChI=1S/C14H18FNO2/c1-18-14(17)13(16-9-5-2-6-10-16)11-7-3-4-8-12(11)15/h3-4,7-8,13H,2,5-6,9-10H2,1H3. The average molecular weight is 251 g/mol. The predicted molar refractivity (Wildman–Crippen MR) is 66.6 cm³/mol. The van der Waals surface area contributed by atoms with E-state index in [1.54, 1.807) is 18.2 Å². The summed E-state index contributed by atoms with van der Waals surface area (Å²) in [5.74, 6) is -0.736. The second kappa shape index (κ2) is 5.96. The van der Waals surface area contributed by atoms with Gasteiger partial charge >= 0.3 is 5.97 Å². The van der Waals surface area contributed by atoms with Gasteiger partial charge in [0.2, 0.25) is 0 Å². The van der Waals surface area contributed by atoms with E-state index in [4.69, 9.17) is 4.74 Å². The number of carbonyl (C=O) groups excluding carboxylic acids is 1. The Hall–Kier alpha value is -1.42. The van der Waals surface area contributed by atoms with Crippen molar-refractivity contribution in [2.45, 2.75) is 25.3 Å². The normalized spacial score (nSPS) is 18.3. The van der Waals surface area contributed by atoms with Crippen LogP contribution in [0.1, 0.15) is 30.9 Å². The first-order valence-electron chi connectivity index (χ1n) is 6.30. The molecule has 1 unspecified atom stereocenters. The summed E-state index contributed by atoms with van der Waals surface area (Å²) in [6.07, 6.45) is 3.26. The molecule has 0 N–H and O–H groups in total. The molecule has 0 amide bonds. The number of rotatable bonds is 3. The van der Waals surface area contributed by atoms with Crippen molar-refractivity contribution in [1.29, 1.82) is 0 Å². The highest BCUT2D eigenvalue weighted by Crippen LogP contribution is 2.27. The van der Waals surface area contributed by atoms with E-state index >= 15 is 0 Å². The van der Waals surface area contributed by atoms with Crippen LogP contribution in [-0.4, -0.2) is 31.1 Å². The Morgan fingerprint density at radius 3 is 2.56 bits per heavy atom. The van der Waals surface area contributed by atoms with Gasteiger partial charge in [0.05, 0.1) is 7.11 Å². The van der Waals surface area contributed by atoms with Crippen molar-refractivity contribution in [2.24, 2.45) is 0 Å². The largest absolute Gasteiger partial charge is 0.468 e. The lowest BCUT2D eigenvalue weighted by Gasteiger charge is -2.33. The van der Waals surface area contributed by atoms with Crippen LogP contribution in [0.5, 0.6) is 0 Å². The molecular weight excluding hydrogens is 233 g/mol. The maximum atomic E-state index is 13.9. The first-order valence-corrected chi connectivity index (χ1v) is 6.30. The molecule has 1 saturated heterocycles. The van der Waals surface area contributed by atoms with Gasteiger partial charge in [0, 0.05) is 5.56 Å². The van der Waals surface area contributed by atoms with E-state index in [-0.39, 0.29) is 11.8 Å². The van der Waals surface area contributed by atoms with Crippen LogP contribution in [-0.2, 0) is 9.53 Å². The Balaban J connectivity index is 2.30. The van der Waals surface area contributed by atoms with Crippen LogP contribution in [0, 0.1) is 5.82 Å². The summed E-state index contributed by atoms with van der Waals surface area (Å²) >= 11 is 0. The third kappa shape index (κ3) is 2.70. The summed E-state index contributed by atoms with van der Waals surface area (Å²) in [6, 6.07) is 5.80. The molecule has 0 saturated carbocycles. The summed E-state index contributed by atoms with van der Waals surface area (Å²) in [5.41, 5.74) is 0.409. The number of carbonyl (C=O) groups is 1.